The molecule has 7 N–H and O–H groups in total. The van der Waals surface area contributed by atoms with Crippen LogP contribution in [0, 0.1) is 13.8 Å². The second-order valence-corrected chi connectivity index (χ2v) is 7.92. The molecule has 0 aliphatic heterocycles. The fraction of sp³-hybridized carbons (Fsp3) is 0.115. The highest BCUT2D eigenvalue weighted by Gasteiger charge is 2.30. The lowest BCUT2D eigenvalue weighted by Gasteiger charge is -2.11. The third kappa shape index (κ3) is 8.42. The van der Waals surface area contributed by atoms with Gasteiger partial charge in [0, 0.05) is 23.0 Å². The van der Waals surface area contributed by atoms with Crippen molar-refractivity contribution in [1.82, 2.24) is 0 Å². The number of alkyl halides is 3. The molecule has 0 radical (unpaired) electrons. The molecule has 0 spiro atoms. The molecule has 0 aliphatic carbocycles. The number of amides is 1. The molecule has 11 heteroatoms. The Morgan fingerprint density at radius 3 is 2.16 bits per heavy atom. The minimum atomic E-state index is -4.75. The van der Waals surface area contributed by atoms with Gasteiger partial charge in [0.2, 0.25) is 12.2 Å². The SMILES string of the molecule is Cc1cccc(C)c1NC(=O)C=C(N)Nc1ccc(C(N)=[NH+]C=Nc2ccc(OC(F)(F)F)cc2)cc1. The first-order valence-corrected chi connectivity index (χ1v) is 11.0. The Morgan fingerprint density at radius 2 is 1.57 bits per heavy atom. The number of rotatable bonds is 8. The third-order valence-electron chi connectivity index (χ3n) is 5.00. The predicted octanol–water partition coefficient (Wildman–Crippen LogP) is 3.20. The first-order valence-electron chi connectivity index (χ1n) is 11.0. The molecule has 0 unspecified atom stereocenters. The predicted molar refractivity (Wildman–Crippen MR) is 137 cm³/mol. The van der Waals surface area contributed by atoms with Gasteiger partial charge in [-0.3, -0.25) is 4.79 Å². The number of amidine groups is 1. The number of nitrogens with two attached hydrogens (primary N) is 2. The van der Waals surface area contributed by atoms with Crippen LogP contribution in [0.15, 0.2) is 83.6 Å². The molecule has 0 aromatic heterocycles. The number of para-hydroxylation sites is 1. The van der Waals surface area contributed by atoms with Crippen molar-refractivity contribution in [2.24, 2.45) is 16.5 Å². The van der Waals surface area contributed by atoms with Crippen LogP contribution in [0.1, 0.15) is 16.7 Å². The van der Waals surface area contributed by atoms with Gasteiger partial charge in [0.15, 0.2) is 0 Å². The van der Waals surface area contributed by atoms with Gasteiger partial charge >= 0.3 is 6.36 Å². The summed E-state index contributed by atoms with van der Waals surface area (Å²) >= 11 is 0. The van der Waals surface area contributed by atoms with Crippen molar-refractivity contribution in [3.63, 3.8) is 0 Å². The number of aliphatic imine (C=N–C) groups is 1. The number of aryl methyl sites for hydroxylation is 2. The molecule has 0 aliphatic rings. The van der Waals surface area contributed by atoms with E-state index in [-0.39, 0.29) is 17.5 Å². The second kappa shape index (κ2) is 11.8. The zero-order chi connectivity index (χ0) is 27.0. The van der Waals surface area contributed by atoms with Gasteiger partial charge in [0.05, 0.1) is 0 Å². The minimum absolute atomic E-state index is 0.158. The molecule has 0 fully saturated rings. The van der Waals surface area contributed by atoms with Gasteiger partial charge in [-0.05, 0) is 73.5 Å². The van der Waals surface area contributed by atoms with Crippen LogP contribution in [0.2, 0.25) is 0 Å². The van der Waals surface area contributed by atoms with Crippen LogP contribution in [0.5, 0.6) is 5.75 Å². The summed E-state index contributed by atoms with van der Waals surface area (Å²) in [5, 5.41) is 5.77. The Kier molecular flexibility index (Phi) is 8.51. The summed E-state index contributed by atoms with van der Waals surface area (Å²) in [6.07, 6.45) is -2.17. The largest absolute Gasteiger partial charge is 0.573 e. The molecule has 0 atom stereocenters. The van der Waals surface area contributed by atoms with E-state index in [4.69, 9.17) is 11.5 Å². The van der Waals surface area contributed by atoms with Crippen molar-refractivity contribution in [3.05, 3.63) is 95.3 Å². The van der Waals surface area contributed by atoms with E-state index in [2.05, 4.69) is 25.4 Å². The lowest BCUT2D eigenvalue weighted by molar-refractivity contribution is -0.303. The summed E-state index contributed by atoms with van der Waals surface area (Å²) in [4.78, 5) is 19.2. The molecule has 0 saturated heterocycles. The van der Waals surface area contributed by atoms with E-state index in [1.54, 1.807) is 24.3 Å². The standard InChI is InChI=1S/C26H25F3N6O2/c1-16-4-3-5-17(2)24(16)35-23(36)14-22(30)34-20-8-6-18(7-9-20)25(31)33-15-32-19-10-12-21(13-11-19)37-26(27,28)29/h3-15,34H,30H2,1-2H3,(H,35,36)(H2,31,32,33)/p+1. The second-order valence-electron chi connectivity index (χ2n) is 7.92. The average molecular weight is 512 g/mol. The number of nitrogen functional groups attached to an aromatic ring is 1. The molecule has 192 valence electrons. The maximum Gasteiger partial charge on any atom is 0.573 e. The zero-order valence-corrected chi connectivity index (χ0v) is 20.1. The van der Waals surface area contributed by atoms with Crippen LogP contribution >= 0.6 is 0 Å². The highest BCUT2D eigenvalue weighted by Crippen LogP contribution is 2.24. The van der Waals surface area contributed by atoms with Gasteiger partial charge in [-0.2, -0.15) is 0 Å². The Labute approximate surface area is 211 Å². The monoisotopic (exact) mass is 511 g/mol. The van der Waals surface area contributed by atoms with Crippen molar-refractivity contribution in [3.8, 4) is 5.75 Å². The number of nitrogens with zero attached hydrogens (tertiary/aromatic N) is 1. The summed E-state index contributed by atoms with van der Waals surface area (Å²) in [6, 6.07) is 17.7. The number of carbonyl (C=O) groups is 1. The number of nitrogens with one attached hydrogen (secondary N) is 3. The van der Waals surface area contributed by atoms with Crippen molar-refractivity contribution in [2.75, 3.05) is 10.6 Å². The Morgan fingerprint density at radius 1 is 0.946 bits per heavy atom. The summed E-state index contributed by atoms with van der Waals surface area (Å²) in [5.41, 5.74) is 16.3. The van der Waals surface area contributed by atoms with Gasteiger partial charge in [-0.15, -0.1) is 18.2 Å². The molecule has 0 heterocycles. The zero-order valence-electron chi connectivity index (χ0n) is 20.1. The Balaban J connectivity index is 1.57. The fourth-order valence-corrected chi connectivity index (χ4v) is 3.24. The summed E-state index contributed by atoms with van der Waals surface area (Å²) in [5.74, 6) is -0.242. The van der Waals surface area contributed by atoms with Crippen LogP contribution in [0.25, 0.3) is 0 Å². The number of halogens is 3. The summed E-state index contributed by atoms with van der Waals surface area (Å²) in [7, 11) is 0. The van der Waals surface area contributed by atoms with Crippen LogP contribution in [-0.4, -0.2) is 24.4 Å². The number of carbonyl (C=O) groups excluding carboxylic acids is 1. The van der Waals surface area contributed by atoms with Crippen LogP contribution < -0.4 is 31.8 Å². The molecule has 3 aromatic rings. The van der Waals surface area contributed by atoms with E-state index in [0.29, 0.717) is 22.8 Å². The Bertz CT molecular complexity index is 1310. The smallest absolute Gasteiger partial charge is 0.406 e. The van der Waals surface area contributed by atoms with Crippen LogP contribution in [0.3, 0.4) is 0 Å². The number of ether oxygens (including phenoxy) is 1. The van der Waals surface area contributed by atoms with E-state index in [1.807, 2.05) is 32.0 Å². The van der Waals surface area contributed by atoms with Crippen molar-refractivity contribution in [1.29, 1.82) is 0 Å². The topological polar surface area (TPSA) is 129 Å². The normalized spacial score (nSPS) is 12.5. The van der Waals surface area contributed by atoms with E-state index in [1.165, 1.54) is 24.5 Å². The number of anilines is 2. The van der Waals surface area contributed by atoms with Crippen LogP contribution in [0.4, 0.5) is 30.2 Å². The van der Waals surface area contributed by atoms with Gasteiger partial charge in [0.1, 0.15) is 17.3 Å². The molecule has 3 aromatic carbocycles. The summed E-state index contributed by atoms with van der Waals surface area (Å²) in [6.45, 7) is 3.82. The van der Waals surface area contributed by atoms with E-state index in [9.17, 15) is 18.0 Å². The molecule has 0 bridgehead atoms. The number of hydrogen-bond acceptors (Lipinski definition) is 5. The lowest BCUT2D eigenvalue weighted by atomic mass is 10.1. The first kappa shape index (κ1) is 26.8. The van der Waals surface area contributed by atoms with Gasteiger partial charge < -0.3 is 26.8 Å². The number of benzene rings is 3. The van der Waals surface area contributed by atoms with E-state index in [0.717, 1.165) is 28.9 Å². The van der Waals surface area contributed by atoms with Gasteiger partial charge in [-0.25, -0.2) is 4.99 Å². The molecule has 1 amide bonds. The molecular weight excluding hydrogens is 485 g/mol. The maximum absolute atomic E-state index is 12.3. The molecule has 3 rings (SSSR count). The van der Waals surface area contributed by atoms with Crippen molar-refractivity contribution < 1.29 is 27.7 Å². The van der Waals surface area contributed by atoms with Gasteiger partial charge in [0.25, 0.3) is 5.91 Å². The third-order valence-corrected chi connectivity index (χ3v) is 5.00. The van der Waals surface area contributed by atoms with Gasteiger partial charge in [-0.1, -0.05) is 18.2 Å². The molecular formula is C26H26F3N6O2+. The molecule has 37 heavy (non-hydrogen) atoms. The average Bonchev–Trinajstić information content (AvgIpc) is 2.82. The van der Waals surface area contributed by atoms with Crippen molar-refractivity contribution >= 4 is 35.1 Å². The van der Waals surface area contributed by atoms with Crippen LogP contribution in [-0.2, 0) is 4.79 Å². The van der Waals surface area contributed by atoms with E-state index >= 15 is 0 Å². The first-order chi connectivity index (χ1) is 17.5. The highest BCUT2D eigenvalue weighted by atomic mass is 19.4. The number of hydrogen-bond donors (Lipinski definition) is 5. The highest BCUT2D eigenvalue weighted by molar-refractivity contribution is 6.01. The van der Waals surface area contributed by atoms with E-state index < -0.39 is 6.36 Å². The minimum Gasteiger partial charge on any atom is -0.406 e. The molecule has 8 nitrogen and oxygen atoms in total. The molecule has 0 saturated carbocycles. The fourth-order valence-electron chi connectivity index (χ4n) is 3.24. The summed E-state index contributed by atoms with van der Waals surface area (Å²) < 4.78 is 40.5. The van der Waals surface area contributed by atoms with Crippen molar-refractivity contribution in [2.45, 2.75) is 20.2 Å². The Hall–Kier alpha value is -4.80. The quantitative estimate of drug-likeness (QED) is 0.180. The lowest BCUT2D eigenvalue weighted by Crippen LogP contribution is -2.74. The maximum atomic E-state index is 12.3.